The molecule has 0 aliphatic heterocycles. The molecule has 0 radical (unpaired) electrons. The fourth-order valence-electron chi connectivity index (χ4n) is 7.90. The maximum Gasteiger partial charge on any atom is 0.238 e. The number of rotatable bonds is 4. The van der Waals surface area contributed by atoms with Crippen molar-refractivity contribution < 1.29 is 0 Å². The molecule has 0 saturated carbocycles. The number of benzene rings is 8. The van der Waals surface area contributed by atoms with Crippen LogP contribution in [0.3, 0.4) is 0 Å². The van der Waals surface area contributed by atoms with Gasteiger partial charge in [-0.1, -0.05) is 152 Å². The summed E-state index contributed by atoms with van der Waals surface area (Å²) in [5, 5.41) is 9.80. The molecule has 0 spiro atoms. The van der Waals surface area contributed by atoms with Gasteiger partial charge in [0.1, 0.15) is 0 Å². The van der Waals surface area contributed by atoms with Gasteiger partial charge in [0.25, 0.3) is 0 Å². The highest BCUT2D eigenvalue weighted by Crippen LogP contribution is 2.49. The molecule has 11 aromatic rings. The number of hydrogen-bond acceptors (Lipinski definition) is 4. The van der Waals surface area contributed by atoms with E-state index in [2.05, 4.69) is 138 Å². The molecule has 0 fully saturated rings. The Morgan fingerprint density at radius 2 is 1.00 bits per heavy atom. The lowest BCUT2D eigenvalue weighted by atomic mass is 9.96. The first-order chi connectivity index (χ1) is 25.8. The molecule has 5 heteroatoms. The van der Waals surface area contributed by atoms with Crippen LogP contribution in [0.5, 0.6) is 0 Å². The fourth-order valence-corrected chi connectivity index (χ4v) is 9.15. The van der Waals surface area contributed by atoms with Gasteiger partial charge in [0, 0.05) is 47.5 Å². The molecular formula is C47H28N4S. The summed E-state index contributed by atoms with van der Waals surface area (Å²) in [6, 6.07) is 60.0. The van der Waals surface area contributed by atoms with E-state index in [9.17, 15) is 0 Å². The van der Waals surface area contributed by atoms with Crippen molar-refractivity contribution in [2.45, 2.75) is 0 Å². The minimum absolute atomic E-state index is 0.597. The predicted molar refractivity (Wildman–Crippen MR) is 218 cm³/mol. The molecule has 3 heterocycles. The standard InChI is InChI=1S/C47H28N4S/c1-4-14-29(15-5-1)33-25-27-39-37(28-33)40-35-22-12-13-23-36(35)43-42(44(40)52-39)41-34-21-11-10-16-30(34)24-26-38(41)51(43)47-49-45(31-17-6-2-7-18-31)48-46(50-47)32-19-8-3-9-20-32/h1-28H. The van der Waals surface area contributed by atoms with E-state index in [4.69, 9.17) is 15.0 Å². The number of aromatic nitrogens is 4. The zero-order chi connectivity index (χ0) is 34.2. The van der Waals surface area contributed by atoms with Crippen molar-refractivity contribution in [3.63, 3.8) is 0 Å². The monoisotopic (exact) mass is 680 g/mol. The van der Waals surface area contributed by atoms with Crippen LogP contribution in [-0.4, -0.2) is 19.5 Å². The van der Waals surface area contributed by atoms with E-state index in [1.54, 1.807) is 0 Å². The van der Waals surface area contributed by atoms with Crippen LogP contribution in [0.4, 0.5) is 0 Å². The molecule has 3 aromatic heterocycles. The van der Waals surface area contributed by atoms with Crippen LogP contribution in [-0.2, 0) is 0 Å². The fraction of sp³-hybridized carbons (Fsp3) is 0. The van der Waals surface area contributed by atoms with Crippen molar-refractivity contribution in [2.75, 3.05) is 0 Å². The van der Waals surface area contributed by atoms with E-state index in [1.165, 1.54) is 58.2 Å². The van der Waals surface area contributed by atoms with E-state index in [0.717, 1.165) is 27.5 Å². The summed E-state index contributed by atoms with van der Waals surface area (Å²) in [7, 11) is 0. The summed E-state index contributed by atoms with van der Waals surface area (Å²) >= 11 is 1.88. The maximum atomic E-state index is 5.27. The highest BCUT2D eigenvalue weighted by atomic mass is 32.1. The summed E-state index contributed by atoms with van der Waals surface area (Å²) in [5.41, 5.74) is 6.50. The van der Waals surface area contributed by atoms with Crippen LogP contribution in [0.2, 0.25) is 0 Å². The number of nitrogens with zero attached hydrogens (tertiary/aromatic N) is 4. The topological polar surface area (TPSA) is 43.6 Å². The smallest absolute Gasteiger partial charge is 0.238 e. The molecule has 242 valence electrons. The molecule has 11 rings (SSSR count). The second-order valence-corrected chi connectivity index (χ2v) is 14.2. The third kappa shape index (κ3) is 4.36. The molecule has 0 bridgehead atoms. The Labute approximate surface area is 302 Å². The van der Waals surface area contributed by atoms with Gasteiger partial charge in [0.15, 0.2) is 11.6 Å². The molecule has 0 N–H and O–H groups in total. The molecule has 0 unspecified atom stereocenters. The first kappa shape index (κ1) is 29.1. The van der Waals surface area contributed by atoms with Crippen molar-refractivity contribution in [3.8, 4) is 39.9 Å². The Morgan fingerprint density at radius 3 is 1.69 bits per heavy atom. The van der Waals surface area contributed by atoms with Crippen molar-refractivity contribution in [1.82, 2.24) is 19.5 Å². The van der Waals surface area contributed by atoms with Crippen LogP contribution in [0, 0.1) is 0 Å². The largest absolute Gasteiger partial charge is 0.277 e. The van der Waals surface area contributed by atoms with Crippen LogP contribution in [0.25, 0.3) is 103 Å². The highest BCUT2D eigenvalue weighted by molar-refractivity contribution is 7.27. The lowest BCUT2D eigenvalue weighted by Crippen LogP contribution is -2.06. The molecule has 4 nitrogen and oxygen atoms in total. The molecule has 0 saturated heterocycles. The zero-order valence-electron chi connectivity index (χ0n) is 27.9. The molecule has 0 aliphatic carbocycles. The van der Waals surface area contributed by atoms with E-state index >= 15 is 0 Å². The van der Waals surface area contributed by atoms with Gasteiger partial charge in [0.05, 0.1) is 11.0 Å². The normalized spacial score (nSPS) is 11.8. The van der Waals surface area contributed by atoms with Crippen LogP contribution < -0.4 is 0 Å². The zero-order valence-corrected chi connectivity index (χ0v) is 28.7. The van der Waals surface area contributed by atoms with E-state index in [-0.39, 0.29) is 0 Å². The molecule has 52 heavy (non-hydrogen) atoms. The second kappa shape index (κ2) is 11.4. The van der Waals surface area contributed by atoms with E-state index in [0.29, 0.717) is 17.6 Å². The van der Waals surface area contributed by atoms with Gasteiger partial charge in [-0.2, -0.15) is 9.97 Å². The summed E-state index contributed by atoms with van der Waals surface area (Å²) < 4.78 is 4.83. The summed E-state index contributed by atoms with van der Waals surface area (Å²) in [4.78, 5) is 15.6. The average molecular weight is 681 g/mol. The van der Waals surface area contributed by atoms with Gasteiger partial charge in [-0.15, -0.1) is 11.3 Å². The summed E-state index contributed by atoms with van der Waals surface area (Å²) in [6.45, 7) is 0. The molecule has 8 aromatic carbocycles. The van der Waals surface area contributed by atoms with Crippen LogP contribution in [0.15, 0.2) is 170 Å². The van der Waals surface area contributed by atoms with Crippen molar-refractivity contribution in [2.24, 2.45) is 0 Å². The van der Waals surface area contributed by atoms with Crippen molar-refractivity contribution in [1.29, 1.82) is 0 Å². The Hall–Kier alpha value is -6.69. The van der Waals surface area contributed by atoms with Crippen LogP contribution >= 0.6 is 11.3 Å². The summed E-state index contributed by atoms with van der Waals surface area (Å²) in [6.07, 6.45) is 0. The van der Waals surface area contributed by atoms with Crippen molar-refractivity contribution >= 4 is 74.9 Å². The van der Waals surface area contributed by atoms with Gasteiger partial charge < -0.3 is 0 Å². The first-order valence-corrected chi connectivity index (χ1v) is 18.3. The Kier molecular flexibility index (Phi) is 6.39. The average Bonchev–Trinajstić information content (AvgIpc) is 3.78. The van der Waals surface area contributed by atoms with Gasteiger partial charge in [-0.25, -0.2) is 4.98 Å². The molecule has 0 aliphatic rings. The van der Waals surface area contributed by atoms with E-state index in [1.807, 2.05) is 47.7 Å². The van der Waals surface area contributed by atoms with Gasteiger partial charge in [-0.3, -0.25) is 4.57 Å². The van der Waals surface area contributed by atoms with Gasteiger partial charge in [0.2, 0.25) is 5.95 Å². The van der Waals surface area contributed by atoms with Crippen molar-refractivity contribution in [3.05, 3.63) is 170 Å². The minimum Gasteiger partial charge on any atom is -0.277 e. The predicted octanol–water partition coefficient (Wildman–Crippen LogP) is 12.6. The quantitative estimate of drug-likeness (QED) is 0.186. The number of fused-ring (bicyclic) bond motifs is 12. The number of thiophene rings is 1. The molecular weight excluding hydrogens is 653 g/mol. The highest BCUT2D eigenvalue weighted by Gasteiger charge is 2.25. The Morgan fingerprint density at radius 1 is 0.404 bits per heavy atom. The Balaban J connectivity index is 1.34. The van der Waals surface area contributed by atoms with Crippen LogP contribution in [0.1, 0.15) is 0 Å². The first-order valence-electron chi connectivity index (χ1n) is 17.5. The third-order valence-corrected chi connectivity index (χ3v) is 11.4. The minimum atomic E-state index is 0.597. The second-order valence-electron chi connectivity index (χ2n) is 13.2. The number of hydrogen-bond donors (Lipinski definition) is 0. The Bertz CT molecular complexity index is 3110. The van der Waals surface area contributed by atoms with Gasteiger partial charge in [-0.05, 0) is 45.5 Å². The third-order valence-electron chi connectivity index (χ3n) is 10.2. The lowest BCUT2D eigenvalue weighted by molar-refractivity contribution is 0.955. The van der Waals surface area contributed by atoms with E-state index < -0.39 is 0 Å². The molecule has 0 atom stereocenters. The maximum absolute atomic E-state index is 5.27. The summed E-state index contributed by atoms with van der Waals surface area (Å²) in [5.74, 6) is 1.88. The molecule has 0 amide bonds. The van der Waals surface area contributed by atoms with Gasteiger partial charge >= 0.3 is 0 Å². The SMILES string of the molecule is c1ccc(-c2ccc3sc4c(c3c2)c2ccccc2c2c4c3c4ccccc4ccc3n2-c2nc(-c3ccccc3)nc(-c3ccccc3)n2)cc1. The lowest BCUT2D eigenvalue weighted by Gasteiger charge is -2.12.